The molecule has 1 heterocycles. The lowest BCUT2D eigenvalue weighted by atomic mass is 9.98. The Hall–Kier alpha value is -2.03. The van der Waals surface area contributed by atoms with Gasteiger partial charge in [0.2, 0.25) is 5.91 Å². The van der Waals surface area contributed by atoms with Crippen LogP contribution in [0.4, 0.5) is 0 Å². The molecule has 1 N–H and O–H groups in total. The number of nitrogens with zero attached hydrogens (tertiary/aromatic N) is 1. The SMILES string of the molecule is COC(=O)[C@]1(NC(C)=O)CCC(C)=C(C#N)O1. The molecule has 1 rings (SSSR count). The van der Waals surface area contributed by atoms with Gasteiger partial charge in [-0.15, -0.1) is 0 Å². The molecule has 0 spiro atoms. The highest BCUT2D eigenvalue weighted by Gasteiger charge is 2.46. The summed E-state index contributed by atoms with van der Waals surface area (Å²) in [6.45, 7) is 3.01. The monoisotopic (exact) mass is 238 g/mol. The summed E-state index contributed by atoms with van der Waals surface area (Å²) in [6.07, 6.45) is 0.731. The van der Waals surface area contributed by atoms with Gasteiger partial charge in [-0.25, -0.2) is 4.79 Å². The van der Waals surface area contributed by atoms with Gasteiger partial charge in [0.05, 0.1) is 7.11 Å². The van der Waals surface area contributed by atoms with Crippen LogP contribution in [0.3, 0.4) is 0 Å². The van der Waals surface area contributed by atoms with E-state index in [1.807, 2.05) is 6.07 Å². The minimum Gasteiger partial charge on any atom is -0.465 e. The van der Waals surface area contributed by atoms with Crippen LogP contribution in [0.1, 0.15) is 26.7 Å². The first-order chi connectivity index (χ1) is 7.95. The van der Waals surface area contributed by atoms with Gasteiger partial charge < -0.3 is 14.8 Å². The highest BCUT2D eigenvalue weighted by molar-refractivity contribution is 5.86. The molecule has 0 unspecified atom stereocenters. The van der Waals surface area contributed by atoms with Crippen LogP contribution >= 0.6 is 0 Å². The maximum atomic E-state index is 11.7. The number of nitriles is 1. The van der Waals surface area contributed by atoms with Gasteiger partial charge in [0.25, 0.3) is 5.72 Å². The van der Waals surface area contributed by atoms with Crippen molar-refractivity contribution >= 4 is 11.9 Å². The smallest absolute Gasteiger partial charge is 0.372 e. The fourth-order valence-electron chi connectivity index (χ4n) is 1.64. The number of rotatable bonds is 2. The zero-order valence-electron chi connectivity index (χ0n) is 9.99. The molecule has 0 radical (unpaired) electrons. The van der Waals surface area contributed by atoms with Crippen molar-refractivity contribution in [3.05, 3.63) is 11.3 Å². The minimum absolute atomic E-state index is 0.0513. The summed E-state index contributed by atoms with van der Waals surface area (Å²) in [5.74, 6) is -1.09. The number of carbonyl (C=O) groups excluding carboxylic acids is 2. The van der Waals surface area contributed by atoms with Crippen molar-refractivity contribution in [1.29, 1.82) is 5.26 Å². The maximum absolute atomic E-state index is 11.7. The predicted molar refractivity (Wildman–Crippen MR) is 57.2 cm³/mol. The van der Waals surface area contributed by atoms with Crippen LogP contribution in [-0.2, 0) is 19.1 Å². The van der Waals surface area contributed by atoms with E-state index in [2.05, 4.69) is 10.1 Å². The molecule has 1 aliphatic heterocycles. The fraction of sp³-hybridized carbons (Fsp3) is 0.545. The number of esters is 1. The number of nitrogens with one attached hydrogen (secondary N) is 1. The largest absolute Gasteiger partial charge is 0.465 e. The summed E-state index contributed by atoms with van der Waals surface area (Å²) < 4.78 is 9.92. The van der Waals surface area contributed by atoms with Crippen LogP contribution in [0.2, 0.25) is 0 Å². The molecule has 0 aromatic rings. The molecule has 0 saturated heterocycles. The molecule has 1 aliphatic rings. The Morgan fingerprint density at radius 3 is 2.71 bits per heavy atom. The van der Waals surface area contributed by atoms with Crippen molar-refractivity contribution in [3.8, 4) is 6.07 Å². The summed E-state index contributed by atoms with van der Waals surface area (Å²) in [5.41, 5.74) is -0.831. The average molecular weight is 238 g/mol. The van der Waals surface area contributed by atoms with E-state index in [1.54, 1.807) is 6.92 Å². The van der Waals surface area contributed by atoms with Gasteiger partial charge in [0.1, 0.15) is 6.07 Å². The number of allylic oxidation sites excluding steroid dienone is 2. The predicted octanol–water partition coefficient (Wildman–Crippen LogP) is 0.600. The van der Waals surface area contributed by atoms with Gasteiger partial charge in [0, 0.05) is 13.3 Å². The van der Waals surface area contributed by atoms with Gasteiger partial charge in [0.15, 0.2) is 5.76 Å². The standard InChI is InChI=1S/C11H14N2O4/c1-7-4-5-11(10(15)16-3,13-8(2)14)17-9(7)6-12/h4-5H2,1-3H3,(H,13,14)/t11-/m0/s1. The van der Waals surface area contributed by atoms with Crippen LogP contribution in [0, 0.1) is 11.3 Å². The third kappa shape index (κ3) is 2.56. The Bertz CT molecular complexity index is 422. The molecule has 17 heavy (non-hydrogen) atoms. The lowest BCUT2D eigenvalue weighted by Gasteiger charge is -2.35. The van der Waals surface area contributed by atoms with E-state index in [9.17, 15) is 9.59 Å². The van der Waals surface area contributed by atoms with Crippen molar-refractivity contribution in [1.82, 2.24) is 5.32 Å². The summed E-state index contributed by atoms with van der Waals surface area (Å²) >= 11 is 0. The molecule has 92 valence electrons. The first kappa shape index (κ1) is 13.0. The van der Waals surface area contributed by atoms with E-state index in [4.69, 9.17) is 10.00 Å². The first-order valence-electron chi connectivity index (χ1n) is 5.11. The molecule has 0 aliphatic carbocycles. The Kier molecular flexibility index (Phi) is 3.73. The van der Waals surface area contributed by atoms with Gasteiger partial charge in [-0.3, -0.25) is 4.79 Å². The maximum Gasteiger partial charge on any atom is 0.372 e. The van der Waals surface area contributed by atoms with Gasteiger partial charge in [-0.05, 0) is 18.9 Å². The molecule has 0 fully saturated rings. The number of methoxy groups -OCH3 is 1. The number of hydrogen-bond acceptors (Lipinski definition) is 5. The Morgan fingerprint density at radius 1 is 1.59 bits per heavy atom. The van der Waals surface area contributed by atoms with Crippen LogP contribution in [0.5, 0.6) is 0 Å². The van der Waals surface area contributed by atoms with Crippen molar-refractivity contribution in [2.45, 2.75) is 32.4 Å². The lowest BCUT2D eigenvalue weighted by molar-refractivity contribution is -0.173. The molecule has 0 saturated carbocycles. The van der Waals surface area contributed by atoms with Crippen molar-refractivity contribution < 1.29 is 19.1 Å². The van der Waals surface area contributed by atoms with Crippen LogP contribution < -0.4 is 5.32 Å². The fourth-order valence-corrected chi connectivity index (χ4v) is 1.64. The summed E-state index contributed by atoms with van der Waals surface area (Å²) in [4.78, 5) is 22.8. The molecule has 1 amide bonds. The van der Waals surface area contributed by atoms with Crippen molar-refractivity contribution in [3.63, 3.8) is 0 Å². The third-order valence-corrected chi connectivity index (χ3v) is 2.51. The molecule has 1 atom stereocenters. The second-order valence-corrected chi connectivity index (χ2v) is 3.82. The van der Waals surface area contributed by atoms with Crippen LogP contribution in [0.15, 0.2) is 11.3 Å². The van der Waals surface area contributed by atoms with E-state index in [0.29, 0.717) is 6.42 Å². The molecule has 0 aromatic heterocycles. The van der Waals surface area contributed by atoms with E-state index in [-0.39, 0.29) is 12.2 Å². The minimum atomic E-state index is -1.58. The molecule has 6 nitrogen and oxygen atoms in total. The van der Waals surface area contributed by atoms with Crippen molar-refractivity contribution in [2.75, 3.05) is 7.11 Å². The van der Waals surface area contributed by atoms with Crippen molar-refractivity contribution in [2.24, 2.45) is 0 Å². The van der Waals surface area contributed by atoms with Crippen LogP contribution in [-0.4, -0.2) is 24.7 Å². The lowest BCUT2D eigenvalue weighted by Crippen LogP contribution is -2.57. The number of hydrogen-bond donors (Lipinski definition) is 1. The topological polar surface area (TPSA) is 88.4 Å². The van der Waals surface area contributed by atoms with Gasteiger partial charge in [-0.1, -0.05) is 0 Å². The second-order valence-electron chi connectivity index (χ2n) is 3.82. The zero-order chi connectivity index (χ0) is 13.1. The highest BCUT2D eigenvalue weighted by atomic mass is 16.6. The molecular weight excluding hydrogens is 224 g/mol. The average Bonchev–Trinajstić information content (AvgIpc) is 2.30. The number of amides is 1. The second kappa shape index (κ2) is 4.87. The summed E-state index contributed by atoms with van der Waals surface area (Å²) in [7, 11) is 1.20. The molecule has 0 bridgehead atoms. The van der Waals surface area contributed by atoms with Gasteiger partial charge in [-0.2, -0.15) is 5.26 Å². The number of carbonyl (C=O) groups is 2. The zero-order valence-corrected chi connectivity index (χ0v) is 9.99. The normalized spacial score (nSPS) is 23.4. The molecule has 6 heteroatoms. The Balaban J connectivity index is 3.08. The summed E-state index contributed by atoms with van der Waals surface area (Å²) in [5, 5.41) is 11.3. The van der Waals surface area contributed by atoms with E-state index >= 15 is 0 Å². The van der Waals surface area contributed by atoms with Crippen LogP contribution in [0.25, 0.3) is 0 Å². The molecular formula is C11H14N2O4. The Labute approximate surface area is 99.2 Å². The molecule has 0 aromatic carbocycles. The van der Waals surface area contributed by atoms with E-state index in [1.165, 1.54) is 14.0 Å². The highest BCUT2D eigenvalue weighted by Crippen LogP contribution is 2.30. The number of ether oxygens (including phenoxy) is 2. The summed E-state index contributed by atoms with van der Waals surface area (Å²) in [6, 6.07) is 1.86. The third-order valence-electron chi connectivity index (χ3n) is 2.51. The Morgan fingerprint density at radius 2 is 2.24 bits per heavy atom. The van der Waals surface area contributed by atoms with Gasteiger partial charge >= 0.3 is 5.97 Å². The first-order valence-corrected chi connectivity index (χ1v) is 5.11. The van der Waals surface area contributed by atoms with E-state index < -0.39 is 17.6 Å². The van der Waals surface area contributed by atoms with E-state index in [0.717, 1.165) is 5.57 Å². The quantitative estimate of drug-likeness (QED) is 0.711.